The molecule has 0 spiro atoms. The Bertz CT molecular complexity index is 240. The number of rotatable bonds is 6. The Balaban J connectivity index is 2.58. The molecule has 1 N–H and O–H groups in total. The van der Waals surface area contributed by atoms with Gasteiger partial charge in [0.25, 0.3) is 0 Å². The smallest absolute Gasteiger partial charge is 0.115 e. The van der Waals surface area contributed by atoms with E-state index >= 15 is 0 Å². The van der Waals surface area contributed by atoms with Gasteiger partial charge >= 0.3 is 0 Å². The Hall–Kier alpha value is -1.00. The fourth-order valence-corrected chi connectivity index (χ4v) is 1.25. The molecule has 1 unspecified atom stereocenters. The molecule has 0 bridgehead atoms. The van der Waals surface area contributed by atoms with Crippen molar-refractivity contribution in [3.63, 3.8) is 0 Å². The highest BCUT2D eigenvalue weighted by Gasteiger charge is 2.09. The Labute approximate surface area is 84.7 Å². The van der Waals surface area contributed by atoms with Crippen LogP contribution in [0.25, 0.3) is 0 Å². The van der Waals surface area contributed by atoms with Gasteiger partial charge in [0, 0.05) is 24.6 Å². The van der Waals surface area contributed by atoms with E-state index in [-0.39, 0.29) is 6.04 Å². The van der Waals surface area contributed by atoms with Gasteiger partial charge in [-0.05, 0) is 13.5 Å². The maximum atomic E-state index is 5.38. The van der Waals surface area contributed by atoms with E-state index in [9.17, 15) is 0 Å². The highest BCUT2D eigenvalue weighted by atomic mass is 16.5. The van der Waals surface area contributed by atoms with Crippen LogP contribution in [0, 0.1) is 0 Å². The number of nitrogens with zero attached hydrogens (tertiary/aromatic N) is 2. The molecule has 0 aliphatic heterocycles. The molecule has 0 fully saturated rings. The molecule has 1 aromatic rings. The number of likely N-dealkylation sites (N-methyl/N-ethyl adjacent to an activating group) is 1. The highest BCUT2D eigenvalue weighted by Crippen LogP contribution is 2.09. The van der Waals surface area contributed by atoms with E-state index in [0.717, 1.165) is 18.7 Å². The van der Waals surface area contributed by atoms with Gasteiger partial charge < -0.3 is 10.1 Å². The second-order valence-corrected chi connectivity index (χ2v) is 2.94. The van der Waals surface area contributed by atoms with Crippen LogP contribution < -0.4 is 5.32 Å². The summed E-state index contributed by atoms with van der Waals surface area (Å²) in [4.78, 5) is 7.98. The summed E-state index contributed by atoms with van der Waals surface area (Å²) >= 11 is 0. The monoisotopic (exact) mass is 195 g/mol. The SMILES string of the molecule is CCNC(COCC)c1cncnc1. The Kier molecular flexibility index (Phi) is 5.11. The van der Waals surface area contributed by atoms with Gasteiger partial charge in [-0.3, -0.25) is 0 Å². The topological polar surface area (TPSA) is 47.0 Å². The molecule has 0 aliphatic carbocycles. The lowest BCUT2D eigenvalue weighted by atomic mass is 10.1. The lowest BCUT2D eigenvalue weighted by Gasteiger charge is -2.16. The van der Waals surface area contributed by atoms with Crippen LogP contribution in [0.3, 0.4) is 0 Å². The minimum Gasteiger partial charge on any atom is -0.380 e. The van der Waals surface area contributed by atoms with Crippen molar-refractivity contribution in [2.24, 2.45) is 0 Å². The van der Waals surface area contributed by atoms with Crippen LogP contribution in [0.2, 0.25) is 0 Å². The number of hydrogen-bond acceptors (Lipinski definition) is 4. The summed E-state index contributed by atoms with van der Waals surface area (Å²) in [5.41, 5.74) is 1.07. The zero-order valence-electron chi connectivity index (χ0n) is 8.73. The third kappa shape index (κ3) is 3.40. The quantitative estimate of drug-likeness (QED) is 0.740. The summed E-state index contributed by atoms with van der Waals surface area (Å²) in [7, 11) is 0. The molecule has 4 nitrogen and oxygen atoms in total. The van der Waals surface area contributed by atoms with Gasteiger partial charge in [0.2, 0.25) is 0 Å². The van der Waals surface area contributed by atoms with Gasteiger partial charge in [0.15, 0.2) is 0 Å². The van der Waals surface area contributed by atoms with E-state index in [2.05, 4.69) is 22.2 Å². The first-order chi connectivity index (χ1) is 6.88. The average Bonchev–Trinajstić information content (AvgIpc) is 2.25. The van der Waals surface area contributed by atoms with Crippen LogP contribution in [0.4, 0.5) is 0 Å². The third-order valence-electron chi connectivity index (χ3n) is 1.92. The Morgan fingerprint density at radius 2 is 2.07 bits per heavy atom. The molecular weight excluding hydrogens is 178 g/mol. The van der Waals surface area contributed by atoms with Crippen molar-refractivity contribution in [1.29, 1.82) is 0 Å². The molecule has 0 radical (unpaired) electrons. The number of nitrogens with one attached hydrogen (secondary N) is 1. The number of ether oxygens (including phenoxy) is 1. The van der Waals surface area contributed by atoms with E-state index in [1.165, 1.54) is 6.33 Å². The molecule has 0 aromatic carbocycles. The lowest BCUT2D eigenvalue weighted by Crippen LogP contribution is -2.25. The Morgan fingerprint density at radius 3 is 2.64 bits per heavy atom. The van der Waals surface area contributed by atoms with E-state index < -0.39 is 0 Å². The van der Waals surface area contributed by atoms with Crippen molar-refractivity contribution in [2.45, 2.75) is 19.9 Å². The summed E-state index contributed by atoms with van der Waals surface area (Å²) in [6, 6.07) is 0.196. The lowest BCUT2D eigenvalue weighted by molar-refractivity contribution is 0.123. The number of aromatic nitrogens is 2. The predicted molar refractivity (Wildman–Crippen MR) is 54.9 cm³/mol. The number of hydrogen-bond donors (Lipinski definition) is 1. The summed E-state index contributed by atoms with van der Waals surface area (Å²) in [5.74, 6) is 0. The zero-order chi connectivity index (χ0) is 10.2. The van der Waals surface area contributed by atoms with Crippen molar-refractivity contribution in [2.75, 3.05) is 19.8 Å². The first kappa shape index (κ1) is 11.1. The molecule has 4 heteroatoms. The van der Waals surface area contributed by atoms with Crippen molar-refractivity contribution < 1.29 is 4.74 Å². The second-order valence-electron chi connectivity index (χ2n) is 2.94. The van der Waals surface area contributed by atoms with Gasteiger partial charge in [-0.1, -0.05) is 6.92 Å². The van der Waals surface area contributed by atoms with Crippen molar-refractivity contribution in [3.05, 3.63) is 24.3 Å². The summed E-state index contributed by atoms with van der Waals surface area (Å²) in [6.07, 6.45) is 5.17. The molecule has 0 saturated carbocycles. The average molecular weight is 195 g/mol. The summed E-state index contributed by atoms with van der Waals surface area (Å²) in [5, 5.41) is 3.33. The van der Waals surface area contributed by atoms with Crippen LogP contribution in [-0.4, -0.2) is 29.7 Å². The molecule has 0 saturated heterocycles. The molecule has 0 aliphatic rings. The largest absolute Gasteiger partial charge is 0.380 e. The van der Waals surface area contributed by atoms with Crippen LogP contribution >= 0.6 is 0 Å². The van der Waals surface area contributed by atoms with Gasteiger partial charge in [0.05, 0.1) is 12.6 Å². The maximum Gasteiger partial charge on any atom is 0.115 e. The first-order valence-corrected chi connectivity index (χ1v) is 4.94. The molecule has 78 valence electrons. The van der Waals surface area contributed by atoms with Crippen LogP contribution in [0.1, 0.15) is 25.5 Å². The van der Waals surface area contributed by atoms with E-state index in [4.69, 9.17) is 4.74 Å². The zero-order valence-corrected chi connectivity index (χ0v) is 8.73. The van der Waals surface area contributed by atoms with Gasteiger partial charge in [-0.25, -0.2) is 9.97 Å². The van der Waals surface area contributed by atoms with E-state index in [1.807, 2.05) is 19.3 Å². The highest BCUT2D eigenvalue weighted by molar-refractivity contribution is 5.09. The summed E-state index contributed by atoms with van der Waals surface area (Å²) in [6.45, 7) is 6.37. The van der Waals surface area contributed by atoms with Crippen LogP contribution in [0.15, 0.2) is 18.7 Å². The molecule has 0 amide bonds. The van der Waals surface area contributed by atoms with Crippen molar-refractivity contribution >= 4 is 0 Å². The molecule has 1 rings (SSSR count). The third-order valence-corrected chi connectivity index (χ3v) is 1.92. The standard InChI is InChI=1S/C10H17N3O/c1-3-13-10(7-14-4-2)9-5-11-8-12-6-9/h5-6,8,10,13H,3-4,7H2,1-2H3. The molecule has 1 heterocycles. The molecule has 1 atom stereocenters. The van der Waals surface area contributed by atoms with E-state index in [0.29, 0.717) is 6.61 Å². The molecule has 1 aromatic heterocycles. The fourth-order valence-electron chi connectivity index (χ4n) is 1.25. The van der Waals surface area contributed by atoms with E-state index in [1.54, 1.807) is 0 Å². The maximum absolute atomic E-state index is 5.38. The Morgan fingerprint density at radius 1 is 1.36 bits per heavy atom. The van der Waals surface area contributed by atoms with Gasteiger partial charge in [-0.15, -0.1) is 0 Å². The minimum absolute atomic E-state index is 0.196. The molecular formula is C10H17N3O. The minimum atomic E-state index is 0.196. The normalized spacial score (nSPS) is 12.7. The van der Waals surface area contributed by atoms with Gasteiger partial charge in [0.1, 0.15) is 6.33 Å². The van der Waals surface area contributed by atoms with Crippen LogP contribution in [-0.2, 0) is 4.74 Å². The second kappa shape index (κ2) is 6.45. The molecule has 14 heavy (non-hydrogen) atoms. The first-order valence-electron chi connectivity index (χ1n) is 4.94. The van der Waals surface area contributed by atoms with Crippen LogP contribution in [0.5, 0.6) is 0 Å². The summed E-state index contributed by atoms with van der Waals surface area (Å²) < 4.78 is 5.38. The van der Waals surface area contributed by atoms with Crippen molar-refractivity contribution in [1.82, 2.24) is 15.3 Å². The fraction of sp³-hybridized carbons (Fsp3) is 0.600. The predicted octanol–water partition coefficient (Wildman–Crippen LogP) is 1.16. The van der Waals surface area contributed by atoms with Gasteiger partial charge in [-0.2, -0.15) is 0 Å². The van der Waals surface area contributed by atoms with Crippen molar-refractivity contribution in [3.8, 4) is 0 Å².